The molecule has 14 unspecified atom stereocenters. The summed E-state index contributed by atoms with van der Waals surface area (Å²) in [6.45, 7) is 0. The van der Waals surface area contributed by atoms with Crippen LogP contribution in [-0.2, 0) is 87.1 Å². The summed E-state index contributed by atoms with van der Waals surface area (Å²) in [7, 11) is -2.40. The summed E-state index contributed by atoms with van der Waals surface area (Å²) < 4.78 is 28.1. The number of nitriles is 1. The van der Waals surface area contributed by atoms with Crippen molar-refractivity contribution in [1.29, 1.82) is 5.26 Å². The third kappa shape index (κ3) is 21.8. The van der Waals surface area contributed by atoms with Gasteiger partial charge in [-0.3, -0.25) is 33.6 Å². The number of nitrogens with zero attached hydrogens (tertiary/aromatic N) is 1. The summed E-state index contributed by atoms with van der Waals surface area (Å²) in [4.78, 5) is 85.1. The van der Waals surface area contributed by atoms with Gasteiger partial charge in [0.15, 0.2) is 34.7 Å². The monoisotopic (exact) mass is 1790 g/mol. The first-order valence-corrected chi connectivity index (χ1v) is 43.0. The third-order valence-corrected chi connectivity index (χ3v) is 26.7. The van der Waals surface area contributed by atoms with E-state index < -0.39 is 107 Å². The van der Waals surface area contributed by atoms with E-state index in [0.29, 0.717) is 145 Å². The highest BCUT2D eigenvalue weighted by Gasteiger charge is 2.54. The number of nitrogens with two attached hydrogens (primary N) is 10. The third-order valence-electron chi connectivity index (χ3n) is 23.2. The SMILES string of the molecule is COC1CCCC(N)(c2ccccc2Cl)C1=O.N#CC1CCCC(N)(c2ccccc2Cl)C1=O.NC1(c2ccccc2Cl)CCC(O)C(O)C1=O.NC1(c2ccccc2Cl)CCCC(O)(O)C1=O.NC1(c2ccccc2Cl)CCCC(S(N)(=O)=O)C1=O.NC1CCC(N)(c2ccccc2Cl)C(=O)C1.NC1CCCC(N)(c2ccccc2Cl)C1=O. The van der Waals surface area contributed by atoms with E-state index in [1.54, 1.807) is 128 Å². The number of carbonyl (C=O) groups excluding carboxylic acids is 7. The fourth-order valence-corrected chi connectivity index (χ4v) is 19.4. The van der Waals surface area contributed by atoms with Crippen molar-refractivity contribution in [3.63, 3.8) is 0 Å². The minimum atomic E-state index is -3.94. The van der Waals surface area contributed by atoms with Gasteiger partial charge in [-0.05, 0) is 197 Å². The van der Waals surface area contributed by atoms with Gasteiger partial charge in [0.1, 0.15) is 62.1 Å². The number of aliphatic hydroxyl groups is 4. The molecule has 0 bridgehead atoms. The van der Waals surface area contributed by atoms with Gasteiger partial charge in [0.05, 0.1) is 18.2 Å². The lowest BCUT2D eigenvalue weighted by Crippen LogP contribution is -2.59. The quantitative estimate of drug-likeness (QED) is 0.0597. The second kappa shape index (κ2) is 41.1. The van der Waals surface area contributed by atoms with Gasteiger partial charge in [-0.25, -0.2) is 13.6 Å². The molecule has 0 spiro atoms. The number of aliphatic hydroxyl groups excluding tert-OH is 2. The lowest BCUT2D eigenvalue weighted by Gasteiger charge is -2.39. The Hall–Kier alpha value is -6.90. The first kappa shape index (κ1) is 97.5. The first-order chi connectivity index (χ1) is 55.9. The zero-order valence-electron chi connectivity index (χ0n) is 65.5. The summed E-state index contributed by atoms with van der Waals surface area (Å²) in [6.07, 6.45) is 7.54. The highest BCUT2D eigenvalue weighted by molar-refractivity contribution is 7.90. The van der Waals surface area contributed by atoms with Gasteiger partial charge in [0.2, 0.25) is 21.6 Å². The fraction of sp³-hybridized carbons (Fsp3) is 0.419. The molecule has 0 aliphatic heterocycles. The Kier molecular flexibility index (Phi) is 33.7. The average molecular weight is 1790 g/mol. The van der Waals surface area contributed by atoms with Gasteiger partial charge in [0.25, 0.3) is 0 Å². The molecule has 7 aliphatic carbocycles. The van der Waals surface area contributed by atoms with Crippen molar-refractivity contribution in [2.75, 3.05) is 7.11 Å². The number of hydrogen-bond acceptors (Lipinski definition) is 24. The summed E-state index contributed by atoms with van der Waals surface area (Å²) in [5, 5.41) is 54.3. The maximum Gasteiger partial charge on any atom is 0.226 e. The molecule has 7 aromatic rings. The van der Waals surface area contributed by atoms with Crippen LogP contribution in [0.3, 0.4) is 0 Å². The summed E-state index contributed by atoms with van der Waals surface area (Å²) >= 11 is 42.5. The Morgan fingerprint density at radius 1 is 0.395 bits per heavy atom. The molecule has 7 aromatic carbocycles. The molecular weight excluding hydrogens is 1690 g/mol. The van der Waals surface area contributed by atoms with Gasteiger partial charge in [-0.15, -0.1) is 0 Å². The van der Waals surface area contributed by atoms with Gasteiger partial charge in [-0.2, -0.15) is 5.26 Å². The van der Waals surface area contributed by atoms with Crippen molar-refractivity contribution in [2.24, 2.45) is 62.7 Å². The maximum absolute atomic E-state index is 12.4. The predicted octanol–water partition coefficient (Wildman–Crippen LogP) is 10.2. The normalized spacial score (nSPS) is 29.9. The topological polar surface area (TPSA) is 528 Å². The number of carbonyl (C=O) groups is 7. The molecule has 119 heavy (non-hydrogen) atoms. The van der Waals surface area contributed by atoms with Crippen LogP contribution in [0, 0.1) is 17.2 Å². The van der Waals surface area contributed by atoms with Gasteiger partial charge >= 0.3 is 0 Å². The summed E-state index contributed by atoms with van der Waals surface area (Å²) in [5.41, 5.74) is 50.7. The minimum absolute atomic E-state index is 0.00916. The highest BCUT2D eigenvalue weighted by atomic mass is 35.5. The lowest BCUT2D eigenvalue weighted by atomic mass is 9.72. The van der Waals surface area contributed by atoms with Crippen LogP contribution in [0.4, 0.5) is 0 Å². The minimum Gasteiger partial charge on any atom is -0.390 e. The van der Waals surface area contributed by atoms with Crippen molar-refractivity contribution in [3.05, 3.63) is 244 Å². The van der Waals surface area contributed by atoms with E-state index >= 15 is 0 Å². The van der Waals surface area contributed by atoms with E-state index in [-0.39, 0.29) is 54.9 Å². The Bertz CT molecular complexity index is 4950. The number of rotatable bonds is 9. The molecule has 14 atom stereocenters. The van der Waals surface area contributed by atoms with Crippen molar-refractivity contribution in [3.8, 4) is 6.07 Å². The molecule has 640 valence electrons. The molecule has 0 aromatic heterocycles. The van der Waals surface area contributed by atoms with E-state index in [9.17, 15) is 62.4 Å². The standard InChI is InChI=1S/C13H13ClN2O.C13H16ClNO2.C12H15ClN2O3S.2C12H15ClN2O.2C12H14ClNO3/c14-11-6-2-1-5-10(11)13(16)7-3-4-9(8-15)12(13)17;1-17-11-7-4-8-13(15,12(11)16)9-5-2-3-6-10(9)14;13-9-5-2-1-4-8(9)12(14)7-3-6-10(11(12)16)19(15,17)18;13-9-5-2-1-4-8(9)12(15)7-3-6-10(14)11(12)16;13-10-4-2-1-3-9(10)12(15)6-5-8(14)7-11(12)16;13-9-5-2-1-4-8(9)11(14)6-3-7-12(16,17)10(11)15;13-8-4-2-1-3-7(8)12(14)6-5-9(15)10(16)11(12)17/h1-2,5-6,9H,3-4,7,16H2;2-3,5-6,11H,4,7-8,15H2,1H3;1-2,4-5,10H,3,6-7,14H2,(H2,15,17,18);1-2,4-5,10H,3,6-7,14-15H2;1-4,8H,5-7,14-15H2;1-2,4-5,16-17H,3,6-7,14H2;1-4,9-10,15-16H,5-6,14H2. The molecule has 0 amide bonds. The Balaban J connectivity index is 0.000000173. The van der Waals surface area contributed by atoms with E-state index in [1.807, 2.05) is 54.6 Å². The van der Waals surface area contributed by atoms with E-state index in [4.69, 9.17) is 148 Å². The molecule has 0 saturated heterocycles. The molecule has 33 heteroatoms. The van der Waals surface area contributed by atoms with Crippen LogP contribution < -0.4 is 56.7 Å². The predicted molar refractivity (Wildman–Crippen MR) is 461 cm³/mol. The molecule has 0 heterocycles. The van der Waals surface area contributed by atoms with Crippen molar-refractivity contribution in [1.82, 2.24) is 0 Å². The molecule has 25 nitrogen and oxygen atoms in total. The Labute approximate surface area is 727 Å². The second-order valence-electron chi connectivity index (χ2n) is 31.1. The number of benzene rings is 7. The number of sulfonamides is 1. The number of halogens is 7. The molecular formula is C86H102Cl7N11O14S. The molecule has 7 saturated carbocycles. The molecule has 7 fully saturated rings. The van der Waals surface area contributed by atoms with Crippen LogP contribution in [0.15, 0.2) is 170 Å². The second-order valence-corrected chi connectivity index (χ2v) is 35.7. The van der Waals surface area contributed by atoms with Crippen molar-refractivity contribution >= 4 is 132 Å². The van der Waals surface area contributed by atoms with Crippen molar-refractivity contribution in [2.45, 2.75) is 209 Å². The number of ether oxygens (including phenoxy) is 1. The zero-order chi connectivity index (χ0) is 88.0. The number of hydrogen-bond donors (Lipinski definition) is 14. The van der Waals surface area contributed by atoms with Crippen molar-refractivity contribution < 1.29 is 67.1 Å². The van der Waals surface area contributed by atoms with E-state index in [2.05, 4.69) is 0 Å². The average Bonchev–Trinajstić information content (AvgIpc) is 0.819. The zero-order valence-corrected chi connectivity index (χ0v) is 71.6. The molecule has 24 N–H and O–H groups in total. The number of Topliss-reactive ketones (excluding diaryl/α,β-unsaturated/α-hetero) is 7. The first-order valence-electron chi connectivity index (χ1n) is 38.7. The van der Waals surface area contributed by atoms with Crippen LogP contribution in [0.25, 0.3) is 0 Å². The highest BCUT2D eigenvalue weighted by Crippen LogP contribution is 2.44. The summed E-state index contributed by atoms with van der Waals surface area (Å²) in [5.74, 6) is -5.30. The fourth-order valence-electron chi connectivity index (χ4n) is 16.2. The lowest BCUT2D eigenvalue weighted by molar-refractivity contribution is -0.198. The Morgan fingerprint density at radius 3 is 1.09 bits per heavy atom. The van der Waals surface area contributed by atoms with Gasteiger partial charge < -0.3 is 76.8 Å². The number of methoxy groups -OCH3 is 1. The van der Waals surface area contributed by atoms with Crippen LogP contribution in [0.5, 0.6) is 0 Å². The maximum atomic E-state index is 12.4. The Morgan fingerprint density at radius 2 is 0.714 bits per heavy atom. The molecule has 14 rings (SSSR count). The number of primary sulfonamides is 1. The number of ketones is 7. The van der Waals surface area contributed by atoms with Crippen LogP contribution in [0.1, 0.15) is 167 Å². The van der Waals surface area contributed by atoms with Crippen LogP contribution >= 0.6 is 81.2 Å². The van der Waals surface area contributed by atoms with E-state index in [0.717, 1.165) is 32.1 Å². The molecule has 7 aliphatic rings. The molecule has 0 radical (unpaired) electrons. The van der Waals surface area contributed by atoms with Crippen LogP contribution in [0.2, 0.25) is 35.2 Å². The largest absolute Gasteiger partial charge is 0.390 e. The summed E-state index contributed by atoms with van der Waals surface area (Å²) in [6, 6.07) is 50.5. The van der Waals surface area contributed by atoms with Gasteiger partial charge in [0, 0.05) is 61.2 Å². The van der Waals surface area contributed by atoms with E-state index in [1.165, 1.54) is 0 Å². The van der Waals surface area contributed by atoms with Gasteiger partial charge in [-0.1, -0.05) is 209 Å². The van der Waals surface area contributed by atoms with Crippen LogP contribution in [-0.4, -0.2) is 118 Å². The smallest absolute Gasteiger partial charge is 0.226 e.